The Hall–Kier alpha value is -2.37. The van der Waals surface area contributed by atoms with E-state index in [-0.39, 0.29) is 5.78 Å². The number of ketones is 1. The first kappa shape index (κ1) is 20.4. The highest BCUT2D eigenvalue weighted by Crippen LogP contribution is 2.27. The molecule has 0 bridgehead atoms. The molecular weight excluding hydrogens is 436 g/mol. The molecule has 1 aromatic heterocycles. The molecule has 0 saturated heterocycles. The van der Waals surface area contributed by atoms with Gasteiger partial charge in [0.25, 0.3) is 0 Å². The molecule has 5 heteroatoms. The molecule has 0 aliphatic heterocycles. The van der Waals surface area contributed by atoms with Crippen LogP contribution >= 0.6 is 27.3 Å². The summed E-state index contributed by atoms with van der Waals surface area (Å²) < 4.78 is 12.3. The maximum atomic E-state index is 12.5. The van der Waals surface area contributed by atoms with Gasteiger partial charge in [0, 0.05) is 20.9 Å². The molecule has 3 rings (SSSR count). The molecule has 0 radical (unpaired) electrons. The van der Waals surface area contributed by atoms with Crippen LogP contribution in [0.15, 0.2) is 59.1 Å². The van der Waals surface area contributed by atoms with Gasteiger partial charge >= 0.3 is 0 Å². The van der Waals surface area contributed by atoms with Crippen LogP contribution in [0.25, 0.3) is 6.08 Å². The van der Waals surface area contributed by atoms with Crippen molar-refractivity contribution < 1.29 is 14.3 Å². The van der Waals surface area contributed by atoms with Crippen molar-refractivity contribution in [1.82, 2.24) is 0 Å². The Balaban J connectivity index is 1.77. The van der Waals surface area contributed by atoms with Crippen molar-refractivity contribution in [3.05, 3.63) is 85.5 Å². The van der Waals surface area contributed by atoms with E-state index in [1.807, 2.05) is 68.5 Å². The molecule has 144 valence electrons. The third-order valence-corrected chi connectivity index (χ3v) is 5.88. The van der Waals surface area contributed by atoms with Crippen molar-refractivity contribution >= 4 is 39.1 Å². The van der Waals surface area contributed by atoms with Crippen LogP contribution in [0.3, 0.4) is 0 Å². The van der Waals surface area contributed by atoms with Crippen LogP contribution in [0, 0.1) is 13.8 Å². The second kappa shape index (κ2) is 9.22. The Labute approximate surface area is 177 Å². The van der Waals surface area contributed by atoms with E-state index in [0.29, 0.717) is 6.61 Å². The zero-order valence-electron chi connectivity index (χ0n) is 16.0. The molecule has 0 saturated carbocycles. The summed E-state index contributed by atoms with van der Waals surface area (Å²) >= 11 is 5.13. The summed E-state index contributed by atoms with van der Waals surface area (Å²) in [6.07, 6.45) is 3.45. The predicted molar refractivity (Wildman–Crippen MR) is 119 cm³/mol. The molecule has 0 aliphatic rings. The van der Waals surface area contributed by atoms with Crippen molar-refractivity contribution in [2.75, 3.05) is 7.11 Å². The van der Waals surface area contributed by atoms with Gasteiger partial charge in [-0.3, -0.25) is 4.79 Å². The minimum Gasteiger partial charge on any atom is -0.496 e. The summed E-state index contributed by atoms with van der Waals surface area (Å²) in [6.45, 7) is 4.35. The minimum atomic E-state index is 0.0173. The van der Waals surface area contributed by atoms with E-state index in [1.165, 1.54) is 0 Å². The van der Waals surface area contributed by atoms with E-state index in [9.17, 15) is 4.79 Å². The van der Waals surface area contributed by atoms with Crippen LogP contribution in [0.5, 0.6) is 11.5 Å². The Morgan fingerprint density at radius 3 is 2.57 bits per heavy atom. The lowest BCUT2D eigenvalue weighted by molar-refractivity contribution is 0.104. The lowest BCUT2D eigenvalue weighted by Gasteiger charge is -2.12. The number of halogens is 1. The van der Waals surface area contributed by atoms with Crippen molar-refractivity contribution in [2.45, 2.75) is 20.5 Å². The van der Waals surface area contributed by atoms with Gasteiger partial charge in [0.05, 0.1) is 11.6 Å². The highest BCUT2D eigenvalue weighted by molar-refractivity contribution is 9.10. The van der Waals surface area contributed by atoms with Gasteiger partial charge in [-0.1, -0.05) is 24.3 Å². The zero-order chi connectivity index (χ0) is 20.1. The van der Waals surface area contributed by atoms with Crippen molar-refractivity contribution in [2.24, 2.45) is 0 Å². The maximum absolute atomic E-state index is 12.5. The Morgan fingerprint density at radius 1 is 1.11 bits per heavy atom. The number of hydrogen-bond donors (Lipinski definition) is 0. The Kier molecular flexibility index (Phi) is 6.70. The topological polar surface area (TPSA) is 35.5 Å². The standard InChI is InChI=1S/C23H21BrO3S/c1-15-12-19(16(2)28-15)21(25)10-8-17-9-11-22(26-3)18(13-17)14-27-23-7-5-4-6-20(23)24/h4-13H,14H2,1-3H3/b10-8+. The first-order chi connectivity index (χ1) is 13.5. The maximum Gasteiger partial charge on any atom is 0.186 e. The molecule has 3 nitrogen and oxygen atoms in total. The third kappa shape index (κ3) is 4.91. The fraction of sp³-hybridized carbons (Fsp3) is 0.174. The van der Waals surface area contributed by atoms with E-state index >= 15 is 0 Å². The summed E-state index contributed by atoms with van der Waals surface area (Å²) in [7, 11) is 1.64. The van der Waals surface area contributed by atoms with Gasteiger partial charge in [-0.15, -0.1) is 11.3 Å². The number of methoxy groups -OCH3 is 1. The Bertz CT molecular complexity index is 1020. The molecule has 0 spiro atoms. The molecule has 0 aliphatic carbocycles. The number of thiophene rings is 1. The van der Waals surface area contributed by atoms with E-state index in [2.05, 4.69) is 15.9 Å². The largest absolute Gasteiger partial charge is 0.496 e. The molecule has 0 fully saturated rings. The van der Waals surface area contributed by atoms with E-state index < -0.39 is 0 Å². The van der Waals surface area contributed by atoms with Crippen molar-refractivity contribution in [3.63, 3.8) is 0 Å². The van der Waals surface area contributed by atoms with Gasteiger partial charge in [-0.2, -0.15) is 0 Å². The number of hydrogen-bond acceptors (Lipinski definition) is 4. The van der Waals surface area contributed by atoms with Gasteiger partial charge in [-0.05, 0) is 71.7 Å². The summed E-state index contributed by atoms with van der Waals surface area (Å²) in [5.41, 5.74) is 2.60. The van der Waals surface area contributed by atoms with Crippen LogP contribution in [-0.4, -0.2) is 12.9 Å². The first-order valence-corrected chi connectivity index (χ1v) is 10.4. The van der Waals surface area contributed by atoms with Crippen LogP contribution in [0.2, 0.25) is 0 Å². The van der Waals surface area contributed by atoms with Gasteiger partial charge in [0.15, 0.2) is 5.78 Å². The average Bonchev–Trinajstić information content (AvgIpc) is 3.03. The van der Waals surface area contributed by atoms with Gasteiger partial charge in [-0.25, -0.2) is 0 Å². The normalized spacial score (nSPS) is 11.0. The first-order valence-electron chi connectivity index (χ1n) is 8.81. The van der Waals surface area contributed by atoms with Gasteiger partial charge in [0.2, 0.25) is 0 Å². The molecule has 3 aromatic rings. The van der Waals surface area contributed by atoms with Crippen LogP contribution in [0.1, 0.15) is 31.2 Å². The number of allylic oxidation sites excluding steroid dienone is 1. The predicted octanol–water partition coefficient (Wildman–Crippen LogP) is 6.61. The second-order valence-electron chi connectivity index (χ2n) is 6.31. The molecule has 0 unspecified atom stereocenters. The van der Waals surface area contributed by atoms with Gasteiger partial charge < -0.3 is 9.47 Å². The molecule has 0 atom stereocenters. The monoisotopic (exact) mass is 456 g/mol. The molecule has 0 N–H and O–H groups in total. The minimum absolute atomic E-state index is 0.0173. The molecule has 28 heavy (non-hydrogen) atoms. The highest BCUT2D eigenvalue weighted by Gasteiger charge is 2.10. The van der Waals surface area contributed by atoms with E-state index in [4.69, 9.17) is 9.47 Å². The number of para-hydroxylation sites is 1. The average molecular weight is 457 g/mol. The fourth-order valence-electron chi connectivity index (χ4n) is 2.87. The summed E-state index contributed by atoms with van der Waals surface area (Å²) in [4.78, 5) is 14.7. The second-order valence-corrected chi connectivity index (χ2v) is 8.63. The number of carbonyl (C=O) groups is 1. The summed E-state index contributed by atoms with van der Waals surface area (Å²) in [5.74, 6) is 1.53. The van der Waals surface area contributed by atoms with Crippen LogP contribution in [0.4, 0.5) is 0 Å². The van der Waals surface area contributed by atoms with E-state index in [0.717, 1.165) is 42.4 Å². The number of rotatable bonds is 7. The van der Waals surface area contributed by atoms with Gasteiger partial charge in [0.1, 0.15) is 18.1 Å². The molecule has 1 heterocycles. The van der Waals surface area contributed by atoms with Crippen molar-refractivity contribution in [3.8, 4) is 11.5 Å². The smallest absolute Gasteiger partial charge is 0.186 e. The fourth-order valence-corrected chi connectivity index (χ4v) is 4.20. The zero-order valence-corrected chi connectivity index (χ0v) is 18.4. The lowest BCUT2D eigenvalue weighted by Crippen LogP contribution is -2.00. The molecule has 0 amide bonds. The molecule has 2 aromatic carbocycles. The summed E-state index contributed by atoms with van der Waals surface area (Å²) in [5, 5.41) is 0. The van der Waals surface area contributed by atoms with Crippen molar-refractivity contribution in [1.29, 1.82) is 0 Å². The summed E-state index contributed by atoms with van der Waals surface area (Å²) in [6, 6.07) is 15.4. The number of carbonyl (C=O) groups excluding carboxylic acids is 1. The Morgan fingerprint density at radius 2 is 1.89 bits per heavy atom. The van der Waals surface area contributed by atoms with Crippen LogP contribution in [-0.2, 0) is 6.61 Å². The number of aryl methyl sites for hydroxylation is 2. The molecular formula is C23H21BrO3S. The third-order valence-electron chi connectivity index (χ3n) is 4.26. The van der Waals surface area contributed by atoms with Crippen LogP contribution < -0.4 is 9.47 Å². The SMILES string of the molecule is COc1ccc(/C=C/C(=O)c2cc(C)sc2C)cc1COc1ccccc1Br. The number of benzene rings is 2. The highest BCUT2D eigenvalue weighted by atomic mass is 79.9. The number of ether oxygens (including phenoxy) is 2. The lowest BCUT2D eigenvalue weighted by atomic mass is 10.1. The van der Waals surface area contributed by atoms with E-state index in [1.54, 1.807) is 24.5 Å². The quantitative estimate of drug-likeness (QED) is 0.296.